The van der Waals surface area contributed by atoms with Crippen LogP contribution in [0.25, 0.3) is 0 Å². The monoisotopic (exact) mass is 208 g/mol. The lowest BCUT2D eigenvalue weighted by Gasteiger charge is -2.04. The Morgan fingerprint density at radius 2 is 2.07 bits per heavy atom. The number of carbonyl (C=O) groups excluding carboxylic acids is 2. The van der Waals surface area contributed by atoms with Gasteiger partial charge >= 0.3 is 0 Å². The first kappa shape index (κ1) is 11.2. The Kier molecular flexibility index (Phi) is 4.89. The maximum atomic E-state index is 10.9. The fourth-order valence-corrected chi connectivity index (χ4v) is 0.945. The predicted molar refractivity (Wildman–Crippen MR) is 53.4 cm³/mol. The third kappa shape index (κ3) is 4.78. The average Bonchev–Trinajstić information content (AvgIpc) is 2.28. The summed E-state index contributed by atoms with van der Waals surface area (Å²) in [6.45, 7) is 0.214. The maximum Gasteiger partial charge on any atom is 0.262 e. The van der Waals surface area contributed by atoms with Crippen LogP contribution in [-0.2, 0) is 21.0 Å². The summed E-state index contributed by atoms with van der Waals surface area (Å²) in [7, 11) is 0. The predicted octanol–water partition coefficient (Wildman–Crippen LogP) is -0.0196. The van der Waals surface area contributed by atoms with Crippen molar-refractivity contribution >= 4 is 12.3 Å². The first-order chi connectivity index (χ1) is 7.33. The summed E-state index contributed by atoms with van der Waals surface area (Å²) >= 11 is 0. The summed E-state index contributed by atoms with van der Waals surface area (Å²) in [6.07, 6.45) is 0.455. The number of hydrogen-bond donors (Lipinski definition) is 2. The SMILES string of the molecule is O=CNCC(=O)NOCc1ccccc1. The van der Waals surface area contributed by atoms with Crippen LogP contribution in [0.1, 0.15) is 5.56 Å². The van der Waals surface area contributed by atoms with Gasteiger partial charge in [-0.15, -0.1) is 0 Å². The maximum absolute atomic E-state index is 10.9. The minimum absolute atomic E-state index is 0.0850. The molecule has 80 valence electrons. The molecule has 0 saturated heterocycles. The topological polar surface area (TPSA) is 67.4 Å². The molecule has 15 heavy (non-hydrogen) atoms. The summed E-state index contributed by atoms with van der Waals surface area (Å²) < 4.78 is 0. The highest BCUT2D eigenvalue weighted by atomic mass is 16.6. The van der Waals surface area contributed by atoms with Crippen molar-refractivity contribution in [2.45, 2.75) is 6.61 Å². The van der Waals surface area contributed by atoms with E-state index in [0.29, 0.717) is 13.0 Å². The van der Waals surface area contributed by atoms with E-state index in [-0.39, 0.29) is 6.54 Å². The molecule has 0 unspecified atom stereocenters. The molecule has 5 nitrogen and oxygen atoms in total. The van der Waals surface area contributed by atoms with E-state index in [4.69, 9.17) is 4.84 Å². The highest BCUT2D eigenvalue weighted by Crippen LogP contribution is 1.98. The Balaban J connectivity index is 2.16. The molecule has 0 aromatic heterocycles. The van der Waals surface area contributed by atoms with Gasteiger partial charge in [0.15, 0.2) is 0 Å². The number of hydroxylamine groups is 1. The number of hydrogen-bond acceptors (Lipinski definition) is 3. The lowest BCUT2D eigenvalue weighted by molar-refractivity contribution is -0.134. The van der Waals surface area contributed by atoms with Gasteiger partial charge in [0.1, 0.15) is 0 Å². The summed E-state index contributed by atoms with van der Waals surface area (Å²) in [5, 5.41) is 2.22. The van der Waals surface area contributed by atoms with E-state index in [0.717, 1.165) is 5.56 Å². The first-order valence-corrected chi connectivity index (χ1v) is 4.44. The summed E-state index contributed by atoms with van der Waals surface area (Å²) in [6, 6.07) is 9.44. The average molecular weight is 208 g/mol. The van der Waals surface area contributed by atoms with Crippen LogP contribution < -0.4 is 10.8 Å². The Morgan fingerprint density at radius 3 is 2.73 bits per heavy atom. The number of benzene rings is 1. The van der Waals surface area contributed by atoms with Crippen LogP contribution in [0.3, 0.4) is 0 Å². The molecule has 1 rings (SSSR count). The molecule has 0 aliphatic rings. The van der Waals surface area contributed by atoms with Crippen LogP contribution >= 0.6 is 0 Å². The fourth-order valence-electron chi connectivity index (χ4n) is 0.945. The molecule has 0 saturated carbocycles. The van der Waals surface area contributed by atoms with E-state index in [1.807, 2.05) is 30.3 Å². The van der Waals surface area contributed by atoms with Gasteiger partial charge in [-0.25, -0.2) is 5.48 Å². The van der Waals surface area contributed by atoms with E-state index in [9.17, 15) is 9.59 Å². The zero-order valence-electron chi connectivity index (χ0n) is 8.10. The second-order valence-corrected chi connectivity index (χ2v) is 2.80. The van der Waals surface area contributed by atoms with Crippen LogP contribution in [0.15, 0.2) is 30.3 Å². The fraction of sp³-hybridized carbons (Fsp3) is 0.200. The van der Waals surface area contributed by atoms with E-state index in [1.54, 1.807) is 0 Å². The van der Waals surface area contributed by atoms with E-state index >= 15 is 0 Å². The standard InChI is InChI=1S/C10H12N2O3/c13-8-11-6-10(14)12-15-7-9-4-2-1-3-5-9/h1-5,8H,6-7H2,(H,11,13)(H,12,14). The van der Waals surface area contributed by atoms with Crippen molar-refractivity contribution in [1.82, 2.24) is 10.8 Å². The largest absolute Gasteiger partial charge is 0.350 e. The molecule has 5 heteroatoms. The van der Waals surface area contributed by atoms with Crippen molar-refractivity contribution in [1.29, 1.82) is 0 Å². The quantitative estimate of drug-likeness (QED) is 0.510. The summed E-state index contributed by atoms with van der Waals surface area (Å²) in [4.78, 5) is 25.7. The number of nitrogens with one attached hydrogen (secondary N) is 2. The van der Waals surface area contributed by atoms with Gasteiger partial charge < -0.3 is 5.32 Å². The number of carbonyl (C=O) groups is 2. The highest BCUT2D eigenvalue weighted by molar-refractivity contribution is 5.78. The molecule has 0 radical (unpaired) electrons. The van der Waals surface area contributed by atoms with Crippen molar-refractivity contribution in [3.8, 4) is 0 Å². The lowest BCUT2D eigenvalue weighted by Crippen LogP contribution is -2.33. The normalized spacial score (nSPS) is 9.33. The van der Waals surface area contributed by atoms with Crippen molar-refractivity contribution in [3.63, 3.8) is 0 Å². The smallest absolute Gasteiger partial charge is 0.262 e. The molecule has 0 spiro atoms. The molecule has 2 N–H and O–H groups in total. The van der Waals surface area contributed by atoms with Gasteiger partial charge in [0, 0.05) is 0 Å². The van der Waals surface area contributed by atoms with Gasteiger partial charge in [0.2, 0.25) is 6.41 Å². The molecule has 0 fully saturated rings. The van der Waals surface area contributed by atoms with Crippen LogP contribution in [0.5, 0.6) is 0 Å². The minimum Gasteiger partial charge on any atom is -0.350 e. The highest BCUT2D eigenvalue weighted by Gasteiger charge is 1.98. The van der Waals surface area contributed by atoms with Crippen molar-refractivity contribution in [3.05, 3.63) is 35.9 Å². The van der Waals surface area contributed by atoms with E-state index in [1.165, 1.54) is 0 Å². The van der Waals surface area contributed by atoms with Gasteiger partial charge in [-0.3, -0.25) is 14.4 Å². The zero-order chi connectivity index (χ0) is 10.9. The molecular formula is C10H12N2O3. The van der Waals surface area contributed by atoms with E-state index in [2.05, 4.69) is 10.8 Å². The van der Waals surface area contributed by atoms with Crippen LogP contribution in [0, 0.1) is 0 Å². The molecule has 0 aliphatic heterocycles. The third-order valence-electron chi connectivity index (χ3n) is 1.61. The van der Waals surface area contributed by atoms with Gasteiger partial charge in [-0.1, -0.05) is 30.3 Å². The molecule has 0 atom stereocenters. The Hall–Kier alpha value is -1.88. The third-order valence-corrected chi connectivity index (χ3v) is 1.61. The van der Waals surface area contributed by atoms with Crippen LogP contribution in [0.4, 0.5) is 0 Å². The van der Waals surface area contributed by atoms with Crippen LogP contribution in [0.2, 0.25) is 0 Å². The summed E-state index contributed by atoms with van der Waals surface area (Å²) in [5.41, 5.74) is 3.17. The molecule has 0 bridgehead atoms. The van der Waals surface area contributed by atoms with Gasteiger partial charge in [0.05, 0.1) is 13.2 Å². The zero-order valence-corrected chi connectivity index (χ0v) is 8.10. The molecule has 0 heterocycles. The second kappa shape index (κ2) is 6.56. The minimum atomic E-state index is -0.391. The first-order valence-electron chi connectivity index (χ1n) is 4.44. The van der Waals surface area contributed by atoms with Gasteiger partial charge in [0.25, 0.3) is 5.91 Å². The lowest BCUT2D eigenvalue weighted by atomic mass is 10.2. The summed E-state index contributed by atoms with van der Waals surface area (Å²) in [5.74, 6) is -0.391. The molecule has 0 aliphatic carbocycles. The second-order valence-electron chi connectivity index (χ2n) is 2.80. The van der Waals surface area contributed by atoms with E-state index < -0.39 is 5.91 Å². The van der Waals surface area contributed by atoms with Gasteiger partial charge in [-0.2, -0.15) is 0 Å². The van der Waals surface area contributed by atoms with Crippen LogP contribution in [-0.4, -0.2) is 18.9 Å². The van der Waals surface area contributed by atoms with Gasteiger partial charge in [-0.05, 0) is 5.56 Å². The Labute approximate surface area is 87.4 Å². The molecule has 1 aromatic rings. The molecule has 1 aromatic carbocycles. The van der Waals surface area contributed by atoms with Crippen molar-refractivity contribution in [2.24, 2.45) is 0 Å². The Bertz CT molecular complexity index is 314. The number of rotatable bonds is 6. The van der Waals surface area contributed by atoms with Crippen molar-refractivity contribution < 1.29 is 14.4 Å². The molecule has 2 amide bonds. The van der Waals surface area contributed by atoms with Crippen molar-refractivity contribution in [2.75, 3.05) is 6.54 Å². The Morgan fingerprint density at radius 1 is 1.33 bits per heavy atom. The molecular weight excluding hydrogens is 196 g/mol. The number of amides is 2.